The summed E-state index contributed by atoms with van der Waals surface area (Å²) in [6.07, 6.45) is 7.52. The monoisotopic (exact) mass is 464 g/mol. The molecule has 0 saturated heterocycles. The van der Waals surface area contributed by atoms with Gasteiger partial charge in [0.05, 0.1) is 12.0 Å². The van der Waals surface area contributed by atoms with Gasteiger partial charge in [-0.3, -0.25) is 9.59 Å². The molecule has 0 aliphatic heterocycles. The molecule has 0 amide bonds. The van der Waals surface area contributed by atoms with Crippen molar-refractivity contribution >= 4 is 11.8 Å². The van der Waals surface area contributed by atoms with Crippen molar-refractivity contribution in [1.29, 1.82) is 0 Å². The molecule has 3 aromatic carbocycles. The van der Waals surface area contributed by atoms with E-state index in [9.17, 15) is 9.59 Å². The molecule has 0 aromatic heterocycles. The number of hydrogen-bond acceptors (Lipinski definition) is 3. The Kier molecular flexibility index (Phi) is 5.80. The average Bonchev–Trinajstić information content (AvgIpc) is 2.88. The minimum Gasteiger partial charge on any atom is -0.465 e. The Hall–Kier alpha value is -3.20. The lowest BCUT2D eigenvalue weighted by atomic mass is 9.49. The lowest BCUT2D eigenvalue weighted by Crippen LogP contribution is -2.50. The van der Waals surface area contributed by atoms with Gasteiger partial charge in [0.1, 0.15) is 0 Å². The van der Waals surface area contributed by atoms with Crippen LogP contribution in [0.2, 0.25) is 0 Å². The molecule has 0 radical (unpaired) electrons. The lowest BCUT2D eigenvalue weighted by molar-refractivity contribution is -0.171. The standard InChI is InChI=1S/C32H32O3/c33-30(27-9-5-2-6-10-27)29-18-28(25-7-3-1-4-8-25)12-11-26(29)13-14-35-31(34)32-19-22-15-23(20-32)17-24(16-22)21-32/h1-12,18,22-24H,13-17,19-21H2. The van der Waals surface area contributed by atoms with Crippen LogP contribution in [-0.2, 0) is 16.0 Å². The fraction of sp³-hybridized carbons (Fsp3) is 0.375. The highest BCUT2D eigenvalue weighted by molar-refractivity contribution is 6.10. The highest BCUT2D eigenvalue weighted by atomic mass is 16.5. The van der Waals surface area contributed by atoms with E-state index in [1.807, 2.05) is 60.7 Å². The molecule has 0 spiro atoms. The van der Waals surface area contributed by atoms with Crippen molar-refractivity contribution in [2.75, 3.05) is 6.61 Å². The second kappa shape index (κ2) is 9.11. The van der Waals surface area contributed by atoms with E-state index in [2.05, 4.69) is 18.2 Å². The van der Waals surface area contributed by atoms with Crippen LogP contribution >= 0.6 is 0 Å². The second-order valence-electron chi connectivity index (χ2n) is 11.0. The molecule has 0 atom stereocenters. The maximum atomic E-state index is 13.5. The van der Waals surface area contributed by atoms with E-state index in [1.165, 1.54) is 19.3 Å². The zero-order chi connectivity index (χ0) is 23.8. The van der Waals surface area contributed by atoms with Crippen molar-refractivity contribution in [3.8, 4) is 11.1 Å². The van der Waals surface area contributed by atoms with Crippen molar-refractivity contribution < 1.29 is 14.3 Å². The Balaban J connectivity index is 1.21. The smallest absolute Gasteiger partial charge is 0.312 e. The van der Waals surface area contributed by atoms with E-state index in [0.717, 1.165) is 53.7 Å². The third-order valence-corrected chi connectivity index (χ3v) is 8.57. The van der Waals surface area contributed by atoms with Gasteiger partial charge in [-0.25, -0.2) is 0 Å². The normalized spacial score (nSPS) is 26.5. The summed E-state index contributed by atoms with van der Waals surface area (Å²) in [5.74, 6) is 2.16. The average molecular weight is 465 g/mol. The van der Waals surface area contributed by atoms with Crippen LogP contribution < -0.4 is 0 Å². The predicted molar refractivity (Wildman–Crippen MR) is 137 cm³/mol. The van der Waals surface area contributed by atoms with Crippen molar-refractivity contribution in [1.82, 2.24) is 0 Å². The number of hydrogen-bond donors (Lipinski definition) is 0. The highest BCUT2D eigenvalue weighted by Crippen LogP contribution is 2.60. The van der Waals surface area contributed by atoms with Crippen molar-refractivity contribution in [2.45, 2.75) is 44.9 Å². The molecule has 0 heterocycles. The molecule has 4 aliphatic carbocycles. The largest absolute Gasteiger partial charge is 0.465 e. The van der Waals surface area contributed by atoms with Crippen molar-refractivity contribution in [3.63, 3.8) is 0 Å². The first-order chi connectivity index (χ1) is 17.1. The number of carbonyl (C=O) groups is 2. The van der Waals surface area contributed by atoms with Gasteiger partial charge in [-0.1, -0.05) is 72.8 Å². The number of esters is 1. The predicted octanol–water partition coefficient (Wildman–Crippen LogP) is 6.89. The van der Waals surface area contributed by atoms with Crippen LogP contribution in [0, 0.1) is 23.2 Å². The van der Waals surface area contributed by atoms with E-state index in [-0.39, 0.29) is 17.2 Å². The fourth-order valence-electron chi connectivity index (χ4n) is 7.33. The third kappa shape index (κ3) is 4.33. The van der Waals surface area contributed by atoms with Gasteiger partial charge in [0.15, 0.2) is 5.78 Å². The molecule has 4 saturated carbocycles. The van der Waals surface area contributed by atoms with Gasteiger partial charge in [0.2, 0.25) is 0 Å². The zero-order valence-electron chi connectivity index (χ0n) is 20.1. The van der Waals surface area contributed by atoms with Crippen LogP contribution in [0.1, 0.15) is 60.0 Å². The number of carbonyl (C=O) groups excluding carboxylic acids is 2. The number of rotatable bonds is 7. The van der Waals surface area contributed by atoms with Gasteiger partial charge in [-0.05, 0) is 79.0 Å². The number of ether oxygens (including phenoxy) is 1. The first kappa shape index (κ1) is 22.3. The minimum absolute atomic E-state index is 0.00536. The molecule has 4 aliphatic rings. The minimum atomic E-state index is -0.241. The van der Waals surface area contributed by atoms with Crippen LogP contribution in [0.5, 0.6) is 0 Å². The highest BCUT2D eigenvalue weighted by Gasteiger charge is 2.55. The van der Waals surface area contributed by atoms with Gasteiger partial charge in [0.25, 0.3) is 0 Å². The second-order valence-corrected chi connectivity index (χ2v) is 11.0. The summed E-state index contributed by atoms with van der Waals surface area (Å²) in [5.41, 5.74) is 4.13. The summed E-state index contributed by atoms with van der Waals surface area (Å²) in [7, 11) is 0. The fourth-order valence-corrected chi connectivity index (χ4v) is 7.33. The Morgan fingerprint density at radius 3 is 1.97 bits per heavy atom. The number of ketones is 1. The SMILES string of the molecule is O=C(c1ccccc1)c1cc(-c2ccccc2)ccc1CCOC(=O)C12CC3CC(CC(C3)C1)C2. The zero-order valence-corrected chi connectivity index (χ0v) is 20.1. The molecule has 3 aromatic rings. The first-order valence-electron chi connectivity index (χ1n) is 13.0. The third-order valence-electron chi connectivity index (χ3n) is 8.57. The van der Waals surface area contributed by atoms with Gasteiger partial charge in [-0.15, -0.1) is 0 Å². The summed E-state index contributed by atoms with van der Waals surface area (Å²) in [6.45, 7) is 0.320. The van der Waals surface area contributed by atoms with E-state index in [4.69, 9.17) is 4.74 Å². The van der Waals surface area contributed by atoms with Crippen LogP contribution in [0.25, 0.3) is 11.1 Å². The molecule has 4 bridgehead atoms. The summed E-state index contributed by atoms with van der Waals surface area (Å²) < 4.78 is 5.94. The van der Waals surface area contributed by atoms with E-state index in [0.29, 0.717) is 24.2 Å². The Morgan fingerprint density at radius 2 is 1.34 bits per heavy atom. The topological polar surface area (TPSA) is 43.4 Å². The molecule has 4 fully saturated rings. The van der Waals surface area contributed by atoms with E-state index < -0.39 is 0 Å². The van der Waals surface area contributed by atoms with Crippen LogP contribution in [0.3, 0.4) is 0 Å². The molecule has 0 N–H and O–H groups in total. The van der Waals surface area contributed by atoms with Gasteiger partial charge in [0, 0.05) is 17.5 Å². The van der Waals surface area contributed by atoms with Crippen molar-refractivity contribution in [3.05, 3.63) is 95.6 Å². The van der Waals surface area contributed by atoms with Crippen molar-refractivity contribution in [2.24, 2.45) is 23.2 Å². The van der Waals surface area contributed by atoms with Gasteiger partial charge < -0.3 is 4.74 Å². The molecular weight excluding hydrogens is 432 g/mol. The lowest BCUT2D eigenvalue weighted by Gasteiger charge is -2.55. The maximum absolute atomic E-state index is 13.5. The molecule has 0 unspecified atom stereocenters. The summed E-state index contributed by atoms with van der Waals surface area (Å²) in [4.78, 5) is 26.7. The van der Waals surface area contributed by atoms with Gasteiger partial charge in [-0.2, -0.15) is 0 Å². The van der Waals surface area contributed by atoms with Gasteiger partial charge >= 0.3 is 5.97 Å². The summed E-state index contributed by atoms with van der Waals surface area (Å²) in [5, 5.41) is 0. The molecule has 3 nitrogen and oxygen atoms in total. The van der Waals surface area contributed by atoms with E-state index in [1.54, 1.807) is 0 Å². The van der Waals surface area contributed by atoms with Crippen LogP contribution in [0.15, 0.2) is 78.9 Å². The number of benzene rings is 3. The summed E-state index contributed by atoms with van der Waals surface area (Å²) >= 11 is 0. The Labute approximate surface area is 207 Å². The Morgan fingerprint density at radius 1 is 0.743 bits per heavy atom. The molecule has 3 heteroatoms. The van der Waals surface area contributed by atoms with E-state index >= 15 is 0 Å². The quantitative estimate of drug-likeness (QED) is 0.283. The maximum Gasteiger partial charge on any atom is 0.312 e. The molecule has 178 valence electrons. The molecule has 35 heavy (non-hydrogen) atoms. The first-order valence-corrected chi connectivity index (χ1v) is 13.0. The van der Waals surface area contributed by atoms with Crippen LogP contribution in [0.4, 0.5) is 0 Å². The summed E-state index contributed by atoms with van der Waals surface area (Å²) in [6, 6.07) is 25.6. The molecular formula is C32H32O3. The van der Waals surface area contributed by atoms with Crippen LogP contribution in [-0.4, -0.2) is 18.4 Å². The Bertz CT molecular complexity index is 1190. The molecule has 7 rings (SSSR count).